The molecule has 0 unspecified atom stereocenters. The summed E-state index contributed by atoms with van der Waals surface area (Å²) in [6.07, 6.45) is 5.35. The first-order chi connectivity index (χ1) is 15.2. The number of thioether (sulfide) groups is 1. The van der Waals surface area contributed by atoms with Crippen molar-refractivity contribution in [2.45, 2.75) is 25.5 Å². The molecule has 1 aliphatic heterocycles. The lowest BCUT2D eigenvalue weighted by atomic mass is 10.0. The molecule has 1 aliphatic rings. The van der Waals surface area contributed by atoms with Gasteiger partial charge in [0.2, 0.25) is 5.95 Å². The Hall–Kier alpha value is -3.19. The lowest BCUT2D eigenvalue weighted by Gasteiger charge is -2.19. The largest absolute Gasteiger partial charge is 0.324 e. The van der Waals surface area contributed by atoms with Gasteiger partial charge in [-0.2, -0.15) is 11.8 Å². The number of imidazole rings is 1. The molecule has 0 radical (unpaired) electrons. The van der Waals surface area contributed by atoms with Gasteiger partial charge < -0.3 is 9.88 Å². The monoisotopic (exact) mass is 431 g/mol. The summed E-state index contributed by atoms with van der Waals surface area (Å²) in [6, 6.07) is 14.8. The summed E-state index contributed by atoms with van der Waals surface area (Å²) in [4.78, 5) is 13.9. The zero-order chi connectivity index (χ0) is 21.2. The predicted molar refractivity (Wildman–Crippen MR) is 123 cm³/mol. The Bertz CT molecular complexity index is 1200. The van der Waals surface area contributed by atoms with Crippen LogP contribution in [0.25, 0.3) is 5.69 Å². The molecule has 0 atom stereocenters. The van der Waals surface area contributed by atoms with Crippen molar-refractivity contribution in [2.75, 3.05) is 11.1 Å². The molecule has 7 heteroatoms. The van der Waals surface area contributed by atoms with Crippen LogP contribution in [0.1, 0.15) is 28.3 Å². The molecule has 0 saturated carbocycles. The fraction of sp³-hybridized carbons (Fsp3) is 0.208. The van der Waals surface area contributed by atoms with E-state index in [9.17, 15) is 4.39 Å². The van der Waals surface area contributed by atoms with Crippen LogP contribution in [-0.2, 0) is 18.6 Å². The van der Waals surface area contributed by atoms with Gasteiger partial charge in [-0.1, -0.05) is 12.1 Å². The number of aryl methyl sites for hydroxylation is 2. The maximum atomic E-state index is 13.3. The van der Waals surface area contributed by atoms with E-state index in [0.717, 1.165) is 52.1 Å². The number of nitrogens with one attached hydrogen (secondary N) is 1. The van der Waals surface area contributed by atoms with Crippen molar-refractivity contribution in [3.63, 3.8) is 0 Å². The number of hydrogen-bond acceptors (Lipinski definition) is 5. The molecule has 3 heterocycles. The third-order valence-corrected chi connectivity index (χ3v) is 6.41. The summed E-state index contributed by atoms with van der Waals surface area (Å²) in [5.41, 5.74) is 6.37. The predicted octanol–water partition coefficient (Wildman–Crippen LogP) is 5.23. The molecule has 0 aliphatic carbocycles. The molecular formula is C24H22FN5S. The van der Waals surface area contributed by atoms with Crippen LogP contribution < -0.4 is 5.32 Å². The minimum Gasteiger partial charge on any atom is -0.324 e. The van der Waals surface area contributed by atoms with Crippen LogP contribution in [0.5, 0.6) is 0 Å². The third-order valence-electron chi connectivity index (χ3n) is 5.42. The van der Waals surface area contributed by atoms with Crippen molar-refractivity contribution >= 4 is 23.4 Å². The highest BCUT2D eigenvalue weighted by Gasteiger charge is 2.18. The first kappa shape index (κ1) is 19.8. The second-order valence-electron chi connectivity index (χ2n) is 7.54. The van der Waals surface area contributed by atoms with Crippen LogP contribution >= 0.6 is 11.8 Å². The van der Waals surface area contributed by atoms with E-state index < -0.39 is 0 Å². The zero-order valence-electron chi connectivity index (χ0n) is 17.2. The summed E-state index contributed by atoms with van der Waals surface area (Å²) in [7, 11) is 0. The molecule has 0 amide bonds. The Morgan fingerprint density at radius 3 is 2.61 bits per heavy atom. The molecule has 31 heavy (non-hydrogen) atoms. The summed E-state index contributed by atoms with van der Waals surface area (Å²) in [6.45, 7) is 1.98. The van der Waals surface area contributed by atoms with Crippen LogP contribution in [0.15, 0.2) is 60.9 Å². The van der Waals surface area contributed by atoms with Crippen molar-refractivity contribution in [3.8, 4) is 5.69 Å². The van der Waals surface area contributed by atoms with Crippen molar-refractivity contribution < 1.29 is 4.39 Å². The molecule has 5 rings (SSSR count). The molecular weight excluding hydrogens is 409 g/mol. The SMILES string of the molecule is Cc1nccn1-c1ccc(Nc2nc3c(c(Cc4ccc(F)cc4)n2)CSCC3)cc1. The highest BCUT2D eigenvalue weighted by Crippen LogP contribution is 2.29. The van der Waals surface area contributed by atoms with Crippen LogP contribution in [-0.4, -0.2) is 25.3 Å². The van der Waals surface area contributed by atoms with Gasteiger partial charge in [0.15, 0.2) is 0 Å². The quantitative estimate of drug-likeness (QED) is 0.469. The Labute approximate surface area is 184 Å². The average Bonchev–Trinajstić information content (AvgIpc) is 3.22. The second kappa shape index (κ2) is 8.51. The molecule has 0 spiro atoms. The van der Waals surface area contributed by atoms with Crippen LogP contribution in [0.2, 0.25) is 0 Å². The van der Waals surface area contributed by atoms with Gasteiger partial charge in [-0.15, -0.1) is 0 Å². The number of anilines is 2. The van der Waals surface area contributed by atoms with Gasteiger partial charge in [-0.05, 0) is 61.1 Å². The molecule has 0 fully saturated rings. The summed E-state index contributed by atoms with van der Waals surface area (Å²) in [5, 5.41) is 3.36. The maximum absolute atomic E-state index is 13.3. The minimum absolute atomic E-state index is 0.222. The smallest absolute Gasteiger partial charge is 0.227 e. The van der Waals surface area contributed by atoms with Gasteiger partial charge in [0.25, 0.3) is 0 Å². The molecule has 4 aromatic rings. The number of benzene rings is 2. The molecule has 2 aromatic carbocycles. The average molecular weight is 432 g/mol. The van der Waals surface area contributed by atoms with Gasteiger partial charge in [-0.25, -0.2) is 19.3 Å². The highest BCUT2D eigenvalue weighted by atomic mass is 32.2. The number of fused-ring (bicyclic) bond motifs is 1. The number of hydrogen-bond donors (Lipinski definition) is 1. The van der Waals surface area contributed by atoms with E-state index in [0.29, 0.717) is 12.4 Å². The van der Waals surface area contributed by atoms with Gasteiger partial charge in [0.05, 0.1) is 11.4 Å². The summed E-state index contributed by atoms with van der Waals surface area (Å²) < 4.78 is 15.3. The second-order valence-corrected chi connectivity index (χ2v) is 8.65. The fourth-order valence-electron chi connectivity index (χ4n) is 3.78. The highest BCUT2D eigenvalue weighted by molar-refractivity contribution is 7.98. The number of halogens is 1. The van der Waals surface area contributed by atoms with E-state index >= 15 is 0 Å². The van der Waals surface area contributed by atoms with E-state index in [1.54, 1.807) is 6.20 Å². The number of rotatable bonds is 5. The lowest BCUT2D eigenvalue weighted by molar-refractivity contribution is 0.627. The number of aromatic nitrogens is 4. The molecule has 156 valence electrons. The lowest BCUT2D eigenvalue weighted by Crippen LogP contribution is -2.13. The van der Waals surface area contributed by atoms with Crippen molar-refractivity contribution in [2.24, 2.45) is 0 Å². The van der Waals surface area contributed by atoms with E-state index in [4.69, 9.17) is 9.97 Å². The maximum Gasteiger partial charge on any atom is 0.227 e. The third kappa shape index (κ3) is 4.32. The zero-order valence-corrected chi connectivity index (χ0v) is 18.0. The molecule has 5 nitrogen and oxygen atoms in total. The normalized spacial score (nSPS) is 13.1. The summed E-state index contributed by atoms with van der Waals surface area (Å²) in [5.74, 6) is 3.32. The first-order valence-corrected chi connectivity index (χ1v) is 11.4. The van der Waals surface area contributed by atoms with E-state index in [2.05, 4.69) is 10.3 Å². The summed E-state index contributed by atoms with van der Waals surface area (Å²) >= 11 is 1.91. The van der Waals surface area contributed by atoms with Crippen molar-refractivity contribution in [1.29, 1.82) is 0 Å². The van der Waals surface area contributed by atoms with E-state index in [1.807, 2.05) is 65.8 Å². The Morgan fingerprint density at radius 2 is 1.87 bits per heavy atom. The van der Waals surface area contributed by atoms with Gasteiger partial charge in [0, 0.05) is 41.5 Å². The molecule has 0 bridgehead atoms. The van der Waals surface area contributed by atoms with Crippen molar-refractivity contribution in [1.82, 2.24) is 19.5 Å². The standard InChI is InChI=1S/C24H22FN5S/c1-16-26-11-12-30(16)20-8-6-19(7-9-20)27-24-28-22-10-13-31-15-21(22)23(29-24)14-17-2-4-18(25)5-3-17/h2-9,11-12H,10,13-15H2,1H3,(H,27,28,29). The van der Waals surface area contributed by atoms with E-state index in [1.165, 1.54) is 17.7 Å². The van der Waals surface area contributed by atoms with Crippen molar-refractivity contribution in [3.05, 3.63) is 95.1 Å². The van der Waals surface area contributed by atoms with Gasteiger partial charge >= 0.3 is 0 Å². The topological polar surface area (TPSA) is 55.6 Å². The fourth-order valence-corrected chi connectivity index (χ4v) is 4.80. The minimum atomic E-state index is -0.222. The van der Waals surface area contributed by atoms with Crippen LogP contribution in [0.4, 0.5) is 16.0 Å². The Kier molecular flexibility index (Phi) is 5.42. The van der Waals surface area contributed by atoms with E-state index in [-0.39, 0.29) is 5.82 Å². The molecule has 2 aromatic heterocycles. The molecule has 0 saturated heterocycles. The molecule has 1 N–H and O–H groups in total. The van der Waals surface area contributed by atoms with Gasteiger partial charge in [0.1, 0.15) is 11.6 Å². The Balaban J connectivity index is 1.42. The van der Waals surface area contributed by atoms with Gasteiger partial charge in [-0.3, -0.25) is 0 Å². The number of nitrogens with zero attached hydrogens (tertiary/aromatic N) is 4. The van der Waals surface area contributed by atoms with Crippen LogP contribution in [0.3, 0.4) is 0 Å². The Morgan fingerprint density at radius 1 is 1.06 bits per heavy atom. The van der Waals surface area contributed by atoms with Crippen LogP contribution in [0, 0.1) is 12.7 Å². The first-order valence-electron chi connectivity index (χ1n) is 10.2.